The number of nitrogens with zero attached hydrogens (tertiary/aromatic N) is 1. The number of esters is 1. The molecule has 4 heteroatoms. The van der Waals surface area contributed by atoms with E-state index in [2.05, 4.69) is 6.07 Å². The molecule has 2 unspecified atom stereocenters. The summed E-state index contributed by atoms with van der Waals surface area (Å²) in [5.41, 5.74) is 8.84. The second-order valence-electron chi connectivity index (χ2n) is 5.50. The molecule has 2 N–H and O–H groups in total. The molecule has 4 nitrogen and oxygen atoms in total. The smallest absolute Gasteiger partial charge is 0.310 e. The third-order valence-electron chi connectivity index (χ3n) is 3.85. The molecule has 0 bridgehead atoms. The van der Waals surface area contributed by atoms with Crippen molar-refractivity contribution in [3.63, 3.8) is 0 Å². The zero-order valence-electron chi connectivity index (χ0n) is 13.1. The summed E-state index contributed by atoms with van der Waals surface area (Å²) in [6.45, 7) is 0. The van der Waals surface area contributed by atoms with E-state index < -0.39 is 5.92 Å². The lowest BCUT2D eigenvalue weighted by molar-refractivity contribution is -0.146. The van der Waals surface area contributed by atoms with E-state index in [1.54, 1.807) is 12.1 Å². The molecule has 0 aliphatic carbocycles. The van der Waals surface area contributed by atoms with E-state index in [1.165, 1.54) is 7.11 Å². The molecule has 0 radical (unpaired) electrons. The number of ether oxygens (including phenoxy) is 1. The number of carbonyl (C=O) groups is 1. The molecule has 0 heterocycles. The number of rotatable bonds is 6. The molecule has 2 rings (SSSR count). The summed E-state index contributed by atoms with van der Waals surface area (Å²) < 4.78 is 4.92. The predicted molar refractivity (Wildman–Crippen MR) is 88.5 cm³/mol. The van der Waals surface area contributed by atoms with Gasteiger partial charge in [-0.1, -0.05) is 42.5 Å². The molecule has 2 atom stereocenters. The van der Waals surface area contributed by atoms with Gasteiger partial charge in [0.05, 0.1) is 24.7 Å². The second kappa shape index (κ2) is 8.11. The maximum atomic E-state index is 12.1. The number of nitriles is 1. The Hall–Kier alpha value is -2.64. The Morgan fingerprint density at radius 1 is 1.13 bits per heavy atom. The maximum absolute atomic E-state index is 12.1. The lowest BCUT2D eigenvalue weighted by Crippen LogP contribution is -2.39. The lowest BCUT2D eigenvalue weighted by atomic mass is 9.88. The minimum absolute atomic E-state index is 0.323. The Kier molecular flexibility index (Phi) is 5.90. The Bertz CT molecular complexity index is 692. The SMILES string of the molecule is COC(=O)C(Cc1cccc(C#N)c1)C(N)Cc1ccccc1. The Labute approximate surface area is 136 Å². The van der Waals surface area contributed by atoms with Gasteiger partial charge in [0.2, 0.25) is 0 Å². The van der Waals surface area contributed by atoms with Gasteiger partial charge in [-0.25, -0.2) is 0 Å². The first-order valence-electron chi connectivity index (χ1n) is 7.50. The highest BCUT2D eigenvalue weighted by molar-refractivity contribution is 5.73. The van der Waals surface area contributed by atoms with Crippen LogP contribution in [-0.4, -0.2) is 19.1 Å². The summed E-state index contributed by atoms with van der Waals surface area (Å²) in [5, 5.41) is 8.99. The topological polar surface area (TPSA) is 76.1 Å². The van der Waals surface area contributed by atoms with Gasteiger partial charge in [0, 0.05) is 6.04 Å². The van der Waals surface area contributed by atoms with Crippen molar-refractivity contribution >= 4 is 5.97 Å². The van der Waals surface area contributed by atoms with Gasteiger partial charge in [-0.2, -0.15) is 5.26 Å². The highest BCUT2D eigenvalue weighted by atomic mass is 16.5. The van der Waals surface area contributed by atoms with Crippen LogP contribution in [0.25, 0.3) is 0 Å². The molecular formula is C19H20N2O2. The van der Waals surface area contributed by atoms with Gasteiger partial charge in [0.25, 0.3) is 0 Å². The van der Waals surface area contributed by atoms with Crippen LogP contribution >= 0.6 is 0 Å². The van der Waals surface area contributed by atoms with Crippen LogP contribution in [0, 0.1) is 17.2 Å². The van der Waals surface area contributed by atoms with Crippen molar-refractivity contribution in [2.75, 3.05) is 7.11 Å². The fraction of sp³-hybridized carbons (Fsp3) is 0.263. The molecule has 0 fully saturated rings. The van der Waals surface area contributed by atoms with Crippen LogP contribution in [0.15, 0.2) is 54.6 Å². The molecule has 2 aromatic carbocycles. The molecule has 0 aliphatic rings. The molecular weight excluding hydrogens is 288 g/mol. The van der Waals surface area contributed by atoms with E-state index in [0.29, 0.717) is 18.4 Å². The van der Waals surface area contributed by atoms with E-state index in [9.17, 15) is 4.79 Å². The van der Waals surface area contributed by atoms with Gasteiger partial charge in [-0.3, -0.25) is 4.79 Å². The Morgan fingerprint density at radius 2 is 1.83 bits per heavy atom. The van der Waals surface area contributed by atoms with E-state index >= 15 is 0 Å². The number of hydrogen-bond acceptors (Lipinski definition) is 4. The van der Waals surface area contributed by atoms with E-state index in [-0.39, 0.29) is 12.0 Å². The van der Waals surface area contributed by atoms with E-state index in [1.807, 2.05) is 42.5 Å². The zero-order chi connectivity index (χ0) is 16.7. The summed E-state index contributed by atoms with van der Waals surface area (Å²) in [4.78, 5) is 12.1. The second-order valence-corrected chi connectivity index (χ2v) is 5.50. The quantitative estimate of drug-likeness (QED) is 0.832. The molecule has 0 aliphatic heterocycles. The van der Waals surface area contributed by atoms with Crippen LogP contribution in [0.4, 0.5) is 0 Å². The van der Waals surface area contributed by atoms with Crippen LogP contribution in [0.1, 0.15) is 16.7 Å². The molecule has 23 heavy (non-hydrogen) atoms. The van der Waals surface area contributed by atoms with Crippen molar-refractivity contribution in [1.82, 2.24) is 0 Å². The van der Waals surface area contributed by atoms with Crippen molar-refractivity contribution in [3.05, 3.63) is 71.3 Å². The van der Waals surface area contributed by atoms with Gasteiger partial charge < -0.3 is 10.5 Å². The normalized spacial score (nSPS) is 12.9. The first kappa shape index (κ1) is 16.7. The molecule has 0 amide bonds. The fourth-order valence-corrected chi connectivity index (χ4v) is 2.61. The van der Waals surface area contributed by atoms with Crippen LogP contribution in [-0.2, 0) is 22.4 Å². The number of nitrogens with two attached hydrogens (primary N) is 1. The highest BCUT2D eigenvalue weighted by Crippen LogP contribution is 2.17. The monoisotopic (exact) mass is 308 g/mol. The first-order chi connectivity index (χ1) is 11.1. The first-order valence-corrected chi connectivity index (χ1v) is 7.50. The summed E-state index contributed by atoms with van der Waals surface area (Å²) in [5.74, 6) is -0.773. The summed E-state index contributed by atoms with van der Waals surface area (Å²) in [6, 6.07) is 18.8. The highest BCUT2D eigenvalue weighted by Gasteiger charge is 2.27. The molecule has 0 saturated heterocycles. The van der Waals surface area contributed by atoms with E-state index in [4.69, 9.17) is 15.7 Å². The molecule has 118 valence electrons. The standard InChI is InChI=1S/C19H20N2O2/c1-23-19(22)17(11-15-8-5-9-16(10-15)13-20)18(21)12-14-6-3-2-4-7-14/h2-10,17-18H,11-12,21H2,1H3. The van der Waals surface area contributed by atoms with Crippen LogP contribution in [0.2, 0.25) is 0 Å². The van der Waals surface area contributed by atoms with Crippen molar-refractivity contribution in [3.8, 4) is 6.07 Å². The summed E-state index contributed by atoms with van der Waals surface area (Å²) >= 11 is 0. The van der Waals surface area contributed by atoms with Crippen molar-refractivity contribution in [2.24, 2.45) is 11.7 Å². The van der Waals surface area contributed by atoms with Crippen molar-refractivity contribution in [1.29, 1.82) is 5.26 Å². The van der Waals surface area contributed by atoms with Gasteiger partial charge in [0.15, 0.2) is 0 Å². The number of hydrogen-bond donors (Lipinski definition) is 1. The van der Waals surface area contributed by atoms with E-state index in [0.717, 1.165) is 11.1 Å². The van der Waals surface area contributed by atoms with Gasteiger partial charge >= 0.3 is 5.97 Å². The minimum atomic E-state index is -0.450. The summed E-state index contributed by atoms with van der Waals surface area (Å²) in [7, 11) is 1.37. The van der Waals surface area contributed by atoms with Crippen LogP contribution in [0.3, 0.4) is 0 Å². The third kappa shape index (κ3) is 4.67. The number of carbonyl (C=O) groups excluding carboxylic acids is 1. The Balaban J connectivity index is 2.16. The average molecular weight is 308 g/mol. The van der Waals surface area contributed by atoms with Gasteiger partial charge in [-0.15, -0.1) is 0 Å². The number of benzene rings is 2. The largest absolute Gasteiger partial charge is 0.469 e. The van der Waals surface area contributed by atoms with Crippen LogP contribution in [0.5, 0.6) is 0 Å². The van der Waals surface area contributed by atoms with Crippen molar-refractivity contribution in [2.45, 2.75) is 18.9 Å². The van der Waals surface area contributed by atoms with Gasteiger partial charge in [-0.05, 0) is 36.1 Å². The molecule has 0 saturated carbocycles. The maximum Gasteiger partial charge on any atom is 0.310 e. The molecule has 0 spiro atoms. The summed E-state index contributed by atoms with van der Waals surface area (Å²) in [6.07, 6.45) is 1.05. The lowest BCUT2D eigenvalue weighted by Gasteiger charge is -2.22. The zero-order valence-corrected chi connectivity index (χ0v) is 13.1. The number of methoxy groups -OCH3 is 1. The molecule has 0 aromatic heterocycles. The van der Waals surface area contributed by atoms with Gasteiger partial charge in [0.1, 0.15) is 0 Å². The Morgan fingerprint density at radius 3 is 2.48 bits per heavy atom. The molecule has 2 aromatic rings. The average Bonchev–Trinajstić information content (AvgIpc) is 2.60. The third-order valence-corrected chi connectivity index (χ3v) is 3.85. The van der Waals surface area contributed by atoms with Crippen molar-refractivity contribution < 1.29 is 9.53 Å². The fourth-order valence-electron chi connectivity index (χ4n) is 2.61. The van der Waals surface area contributed by atoms with Crippen LogP contribution < -0.4 is 5.73 Å². The minimum Gasteiger partial charge on any atom is -0.469 e. The predicted octanol–water partition coefficient (Wildman–Crippen LogP) is 2.46.